The van der Waals surface area contributed by atoms with E-state index in [0.29, 0.717) is 5.69 Å². The maximum absolute atomic E-state index is 13.7. The van der Waals surface area contributed by atoms with E-state index >= 15 is 0 Å². The molecule has 6 heteroatoms. The molecule has 0 bridgehead atoms. The summed E-state index contributed by atoms with van der Waals surface area (Å²) in [7, 11) is -3.31. The standard InChI is InChI=1S/C15H15F2NO2S/c1-10(13-7-4-8-14(16)15(13)17)18-11-5-3-6-12(9-11)21(2,19)20/h3-10,18H,1-2H3. The molecule has 1 N–H and O–H groups in total. The molecule has 0 aromatic heterocycles. The molecule has 2 aromatic rings. The molecule has 112 valence electrons. The van der Waals surface area contributed by atoms with Crippen molar-refractivity contribution in [2.75, 3.05) is 11.6 Å². The summed E-state index contributed by atoms with van der Waals surface area (Å²) in [5.41, 5.74) is 0.703. The van der Waals surface area contributed by atoms with E-state index in [-0.39, 0.29) is 10.5 Å². The van der Waals surface area contributed by atoms with E-state index in [9.17, 15) is 17.2 Å². The SMILES string of the molecule is CC(Nc1cccc(S(C)(=O)=O)c1)c1cccc(F)c1F. The van der Waals surface area contributed by atoms with Crippen LogP contribution in [0.5, 0.6) is 0 Å². The summed E-state index contributed by atoms with van der Waals surface area (Å²) in [6.45, 7) is 1.67. The lowest BCUT2D eigenvalue weighted by molar-refractivity contribution is 0.494. The quantitative estimate of drug-likeness (QED) is 0.939. The molecule has 0 aliphatic carbocycles. The highest BCUT2D eigenvalue weighted by Gasteiger charge is 2.15. The van der Waals surface area contributed by atoms with Crippen molar-refractivity contribution in [3.8, 4) is 0 Å². The topological polar surface area (TPSA) is 46.2 Å². The van der Waals surface area contributed by atoms with Gasteiger partial charge in [0.25, 0.3) is 0 Å². The van der Waals surface area contributed by atoms with Crippen LogP contribution < -0.4 is 5.32 Å². The second-order valence-corrected chi connectivity index (χ2v) is 6.82. The van der Waals surface area contributed by atoms with Crippen molar-refractivity contribution in [2.24, 2.45) is 0 Å². The molecular formula is C15H15F2NO2S. The minimum absolute atomic E-state index is 0.166. The van der Waals surface area contributed by atoms with Crippen molar-refractivity contribution in [1.82, 2.24) is 0 Å². The van der Waals surface area contributed by atoms with E-state index in [4.69, 9.17) is 0 Å². The third-order valence-electron chi connectivity index (χ3n) is 3.09. The third kappa shape index (κ3) is 3.58. The van der Waals surface area contributed by atoms with Crippen LogP contribution in [0.15, 0.2) is 47.4 Å². The molecule has 2 rings (SSSR count). The normalized spacial score (nSPS) is 13.0. The van der Waals surface area contributed by atoms with E-state index in [1.54, 1.807) is 19.1 Å². The van der Waals surface area contributed by atoms with Crippen LogP contribution in [0.3, 0.4) is 0 Å². The van der Waals surface area contributed by atoms with Gasteiger partial charge in [0.15, 0.2) is 21.5 Å². The Hall–Kier alpha value is -1.95. The van der Waals surface area contributed by atoms with Gasteiger partial charge in [0.1, 0.15) is 0 Å². The predicted molar refractivity (Wildman–Crippen MR) is 77.9 cm³/mol. The zero-order valence-electron chi connectivity index (χ0n) is 11.6. The highest BCUT2D eigenvalue weighted by molar-refractivity contribution is 7.90. The second kappa shape index (κ2) is 5.81. The van der Waals surface area contributed by atoms with Gasteiger partial charge in [-0.05, 0) is 31.2 Å². The summed E-state index contributed by atoms with van der Waals surface area (Å²) < 4.78 is 49.9. The largest absolute Gasteiger partial charge is 0.378 e. The van der Waals surface area contributed by atoms with Gasteiger partial charge >= 0.3 is 0 Å². The van der Waals surface area contributed by atoms with Crippen LogP contribution in [0, 0.1) is 11.6 Å². The first kappa shape index (κ1) is 15.4. The van der Waals surface area contributed by atoms with Crippen molar-refractivity contribution < 1.29 is 17.2 Å². The number of anilines is 1. The number of nitrogens with one attached hydrogen (secondary N) is 1. The molecular weight excluding hydrogens is 296 g/mol. The van der Waals surface area contributed by atoms with Gasteiger partial charge in [0.2, 0.25) is 0 Å². The van der Waals surface area contributed by atoms with Crippen LogP contribution in [0.25, 0.3) is 0 Å². The molecule has 0 saturated heterocycles. The highest BCUT2D eigenvalue weighted by atomic mass is 32.2. The first-order valence-electron chi connectivity index (χ1n) is 6.29. The Morgan fingerprint density at radius 1 is 1.10 bits per heavy atom. The van der Waals surface area contributed by atoms with Gasteiger partial charge in [0.05, 0.1) is 10.9 Å². The van der Waals surface area contributed by atoms with E-state index in [2.05, 4.69) is 5.32 Å². The predicted octanol–water partition coefficient (Wildman–Crippen LogP) is 3.54. The van der Waals surface area contributed by atoms with Crippen LogP contribution in [0.2, 0.25) is 0 Å². The zero-order valence-corrected chi connectivity index (χ0v) is 12.4. The van der Waals surface area contributed by atoms with Crippen LogP contribution >= 0.6 is 0 Å². The van der Waals surface area contributed by atoms with Crippen molar-refractivity contribution in [3.05, 3.63) is 59.7 Å². The number of sulfone groups is 1. The monoisotopic (exact) mass is 311 g/mol. The molecule has 1 atom stereocenters. The lowest BCUT2D eigenvalue weighted by atomic mass is 10.1. The van der Waals surface area contributed by atoms with Gasteiger partial charge < -0.3 is 5.32 Å². The Kier molecular flexibility index (Phi) is 4.27. The molecule has 21 heavy (non-hydrogen) atoms. The minimum atomic E-state index is -3.31. The second-order valence-electron chi connectivity index (χ2n) is 4.81. The summed E-state index contributed by atoms with van der Waals surface area (Å²) in [5, 5.41) is 2.97. The Labute approximate surface area is 122 Å². The average molecular weight is 311 g/mol. The summed E-state index contributed by atoms with van der Waals surface area (Å²) in [5.74, 6) is -1.82. The molecule has 0 spiro atoms. The van der Waals surface area contributed by atoms with E-state index < -0.39 is 27.5 Å². The molecule has 3 nitrogen and oxygen atoms in total. The Bertz CT molecular complexity index is 760. The molecule has 0 aliphatic heterocycles. The molecule has 0 heterocycles. The minimum Gasteiger partial charge on any atom is -0.378 e. The van der Waals surface area contributed by atoms with Crippen molar-refractivity contribution in [2.45, 2.75) is 17.9 Å². The molecule has 0 radical (unpaired) electrons. The number of hydrogen-bond donors (Lipinski definition) is 1. The van der Waals surface area contributed by atoms with Gasteiger partial charge in [-0.3, -0.25) is 0 Å². The van der Waals surface area contributed by atoms with Gasteiger partial charge in [0, 0.05) is 17.5 Å². The Balaban J connectivity index is 2.28. The maximum atomic E-state index is 13.7. The van der Waals surface area contributed by atoms with Crippen LogP contribution in [0.1, 0.15) is 18.5 Å². The highest BCUT2D eigenvalue weighted by Crippen LogP contribution is 2.24. The lowest BCUT2D eigenvalue weighted by Gasteiger charge is -2.17. The van der Waals surface area contributed by atoms with Crippen molar-refractivity contribution >= 4 is 15.5 Å². The Morgan fingerprint density at radius 2 is 1.76 bits per heavy atom. The van der Waals surface area contributed by atoms with Gasteiger partial charge in [-0.1, -0.05) is 18.2 Å². The van der Waals surface area contributed by atoms with Gasteiger partial charge in [-0.2, -0.15) is 0 Å². The smallest absolute Gasteiger partial charge is 0.175 e. The Morgan fingerprint density at radius 3 is 2.43 bits per heavy atom. The molecule has 1 unspecified atom stereocenters. The number of halogens is 2. The third-order valence-corrected chi connectivity index (χ3v) is 4.20. The summed E-state index contributed by atoms with van der Waals surface area (Å²) in [6, 6.07) is 9.66. The number of benzene rings is 2. The summed E-state index contributed by atoms with van der Waals surface area (Å²) >= 11 is 0. The molecule has 0 aliphatic rings. The van der Waals surface area contributed by atoms with Crippen molar-refractivity contribution in [3.63, 3.8) is 0 Å². The fourth-order valence-corrected chi connectivity index (χ4v) is 2.67. The molecule has 0 saturated carbocycles. The first-order chi connectivity index (χ1) is 9.79. The van der Waals surface area contributed by atoms with Crippen molar-refractivity contribution in [1.29, 1.82) is 0 Å². The van der Waals surface area contributed by atoms with E-state index in [1.165, 1.54) is 24.3 Å². The number of hydrogen-bond acceptors (Lipinski definition) is 3. The fraction of sp³-hybridized carbons (Fsp3) is 0.200. The number of rotatable bonds is 4. The first-order valence-corrected chi connectivity index (χ1v) is 8.19. The van der Waals surface area contributed by atoms with Crippen LogP contribution in [0.4, 0.5) is 14.5 Å². The summed E-state index contributed by atoms with van der Waals surface area (Å²) in [4.78, 5) is 0.166. The van der Waals surface area contributed by atoms with E-state index in [0.717, 1.165) is 12.3 Å². The van der Waals surface area contributed by atoms with Crippen LogP contribution in [-0.4, -0.2) is 14.7 Å². The maximum Gasteiger partial charge on any atom is 0.175 e. The molecule has 0 amide bonds. The van der Waals surface area contributed by atoms with Gasteiger partial charge in [-0.25, -0.2) is 17.2 Å². The summed E-state index contributed by atoms with van der Waals surface area (Å²) in [6.07, 6.45) is 1.11. The zero-order chi connectivity index (χ0) is 15.6. The average Bonchev–Trinajstić information content (AvgIpc) is 2.41. The van der Waals surface area contributed by atoms with Crippen LogP contribution in [-0.2, 0) is 9.84 Å². The molecule has 2 aromatic carbocycles. The fourth-order valence-electron chi connectivity index (χ4n) is 2.00. The lowest BCUT2D eigenvalue weighted by Crippen LogP contribution is -2.10. The molecule has 0 fully saturated rings. The van der Waals surface area contributed by atoms with E-state index in [1.807, 2.05) is 0 Å². The van der Waals surface area contributed by atoms with Gasteiger partial charge in [-0.15, -0.1) is 0 Å².